The van der Waals surface area contributed by atoms with Crippen LogP contribution < -0.4 is 0 Å². The van der Waals surface area contributed by atoms with Gasteiger partial charge < -0.3 is 23.8 Å². The smallest absolute Gasteiger partial charge is 0.361 e. The van der Waals surface area contributed by atoms with Crippen LogP contribution in [0.4, 0.5) is 0 Å². The number of nitrogens with zero attached hydrogens (tertiary/aromatic N) is 1. The normalized spacial score (nSPS) is 19.4. The Kier molecular flexibility index (Phi) is 5.37. The highest BCUT2D eigenvalue weighted by Crippen LogP contribution is 2.42. The fraction of sp³-hybridized carbons (Fsp3) is 0.500. The minimum absolute atomic E-state index is 0.0518. The number of aliphatic hydroxyl groups is 1. The van der Waals surface area contributed by atoms with Gasteiger partial charge in [0.2, 0.25) is 0 Å². The second-order valence-corrected chi connectivity index (χ2v) is 7.49. The van der Waals surface area contributed by atoms with Gasteiger partial charge in [0, 0.05) is 5.41 Å². The van der Waals surface area contributed by atoms with Crippen molar-refractivity contribution in [2.24, 2.45) is 5.41 Å². The average molecular weight is 375 g/mol. The van der Waals surface area contributed by atoms with Crippen LogP contribution in [0.5, 0.6) is 0 Å². The highest BCUT2D eigenvalue weighted by molar-refractivity contribution is 5.89. The van der Waals surface area contributed by atoms with Crippen molar-refractivity contribution in [3.63, 3.8) is 0 Å². The second-order valence-electron chi connectivity index (χ2n) is 7.49. The Morgan fingerprint density at radius 2 is 1.85 bits per heavy atom. The van der Waals surface area contributed by atoms with E-state index in [1.54, 1.807) is 38.1 Å². The van der Waals surface area contributed by atoms with Gasteiger partial charge in [-0.25, -0.2) is 4.79 Å². The van der Waals surface area contributed by atoms with Crippen molar-refractivity contribution >= 4 is 5.97 Å². The van der Waals surface area contributed by atoms with E-state index in [1.165, 1.54) is 0 Å². The van der Waals surface area contributed by atoms with Gasteiger partial charge in [0.25, 0.3) is 0 Å². The molecule has 1 aromatic carbocycles. The predicted molar refractivity (Wildman–Crippen MR) is 96.0 cm³/mol. The maximum absolute atomic E-state index is 12.4. The summed E-state index contributed by atoms with van der Waals surface area (Å²) in [4.78, 5) is 12.4. The third-order valence-electron chi connectivity index (χ3n) is 4.48. The molecule has 0 aliphatic carbocycles. The third-order valence-corrected chi connectivity index (χ3v) is 4.48. The number of hydrogen-bond donors (Lipinski definition) is 1. The molecule has 1 aliphatic rings. The van der Waals surface area contributed by atoms with Crippen LogP contribution >= 0.6 is 0 Å². The van der Waals surface area contributed by atoms with Crippen LogP contribution in [0.1, 0.15) is 61.2 Å². The van der Waals surface area contributed by atoms with Gasteiger partial charge in [0.05, 0.1) is 25.4 Å². The van der Waals surface area contributed by atoms with Crippen molar-refractivity contribution in [2.45, 2.75) is 39.6 Å². The first-order chi connectivity index (χ1) is 12.8. The predicted octanol–water partition coefficient (Wildman–Crippen LogP) is 3.18. The monoisotopic (exact) mass is 375 g/mol. The van der Waals surface area contributed by atoms with Gasteiger partial charge >= 0.3 is 5.97 Å². The molecule has 3 rings (SSSR count). The van der Waals surface area contributed by atoms with Gasteiger partial charge in [-0.15, -0.1) is 0 Å². The molecule has 2 aromatic rings. The van der Waals surface area contributed by atoms with Crippen LogP contribution in [0.25, 0.3) is 0 Å². The largest absolute Gasteiger partial charge is 0.461 e. The van der Waals surface area contributed by atoms with E-state index >= 15 is 0 Å². The molecule has 0 unspecified atom stereocenters. The standard InChI is InChI=1S/C20H25NO6/c1-5-24-18(23)15-14(20(4)25-11-19(2,3)12-26-20)17(27-21-15)16(22)13-9-7-6-8-10-13/h6-10,16,22H,5,11-12H2,1-4H3/t16-/m1/s1. The van der Waals surface area contributed by atoms with Crippen molar-refractivity contribution in [1.82, 2.24) is 5.16 Å². The van der Waals surface area contributed by atoms with Crippen LogP contribution in [0.3, 0.4) is 0 Å². The minimum atomic E-state index is -1.29. The van der Waals surface area contributed by atoms with Gasteiger partial charge in [0.1, 0.15) is 6.10 Å². The number of aliphatic hydroxyl groups excluding tert-OH is 1. The van der Waals surface area contributed by atoms with E-state index in [4.69, 9.17) is 18.7 Å². The van der Waals surface area contributed by atoms with Crippen molar-refractivity contribution in [3.05, 3.63) is 52.9 Å². The lowest BCUT2D eigenvalue weighted by Gasteiger charge is -2.41. The molecular weight excluding hydrogens is 350 g/mol. The number of rotatable bonds is 5. The first-order valence-electron chi connectivity index (χ1n) is 8.95. The Bertz CT molecular complexity index is 788. The van der Waals surface area contributed by atoms with Crippen LogP contribution in [0.2, 0.25) is 0 Å². The Morgan fingerprint density at radius 3 is 2.44 bits per heavy atom. The molecule has 0 radical (unpaired) electrons. The molecule has 7 heteroatoms. The first-order valence-corrected chi connectivity index (χ1v) is 8.95. The Labute approximate surface area is 158 Å². The zero-order valence-electron chi connectivity index (χ0n) is 16.0. The van der Waals surface area contributed by atoms with E-state index in [2.05, 4.69) is 5.16 Å². The molecular formula is C20H25NO6. The maximum atomic E-state index is 12.4. The number of benzene rings is 1. The molecule has 146 valence electrons. The summed E-state index contributed by atoms with van der Waals surface area (Å²) in [6, 6.07) is 8.97. The zero-order chi connectivity index (χ0) is 19.7. The van der Waals surface area contributed by atoms with E-state index in [0.717, 1.165) is 0 Å². The molecule has 1 aromatic heterocycles. The number of ether oxygens (including phenoxy) is 3. The quantitative estimate of drug-likeness (QED) is 0.803. The summed E-state index contributed by atoms with van der Waals surface area (Å²) in [5.74, 6) is -1.84. The van der Waals surface area contributed by atoms with E-state index in [9.17, 15) is 9.90 Å². The summed E-state index contributed by atoms with van der Waals surface area (Å²) in [5.41, 5.74) is 0.640. The summed E-state index contributed by atoms with van der Waals surface area (Å²) in [6.45, 7) is 8.45. The first kappa shape index (κ1) is 19.5. The van der Waals surface area contributed by atoms with E-state index in [1.807, 2.05) is 19.9 Å². The van der Waals surface area contributed by atoms with Crippen molar-refractivity contribution in [1.29, 1.82) is 0 Å². The van der Waals surface area contributed by atoms with E-state index in [-0.39, 0.29) is 29.0 Å². The molecule has 1 N–H and O–H groups in total. The van der Waals surface area contributed by atoms with Crippen LogP contribution in [0, 0.1) is 5.41 Å². The molecule has 0 bridgehead atoms. The Morgan fingerprint density at radius 1 is 1.22 bits per heavy atom. The van der Waals surface area contributed by atoms with Gasteiger partial charge in [-0.2, -0.15) is 0 Å². The molecule has 27 heavy (non-hydrogen) atoms. The summed E-state index contributed by atoms with van der Waals surface area (Å²) in [6.07, 6.45) is -1.13. The topological polar surface area (TPSA) is 91.0 Å². The number of carbonyl (C=O) groups is 1. The highest BCUT2D eigenvalue weighted by atomic mass is 16.7. The van der Waals surface area contributed by atoms with E-state index < -0.39 is 17.9 Å². The summed E-state index contributed by atoms with van der Waals surface area (Å²) in [5, 5.41) is 14.7. The number of hydrogen-bond acceptors (Lipinski definition) is 7. The molecule has 2 heterocycles. The van der Waals surface area contributed by atoms with Gasteiger partial charge in [-0.3, -0.25) is 0 Å². The molecule has 1 saturated heterocycles. The molecule has 1 atom stereocenters. The fourth-order valence-corrected chi connectivity index (χ4v) is 2.95. The summed E-state index contributed by atoms with van der Waals surface area (Å²) in [7, 11) is 0. The lowest BCUT2D eigenvalue weighted by molar-refractivity contribution is -0.298. The molecule has 1 aliphatic heterocycles. The fourth-order valence-electron chi connectivity index (χ4n) is 2.95. The van der Waals surface area contributed by atoms with Crippen molar-refractivity contribution in [2.75, 3.05) is 19.8 Å². The Hall–Kier alpha value is -2.22. The van der Waals surface area contributed by atoms with Crippen molar-refractivity contribution in [3.8, 4) is 0 Å². The van der Waals surface area contributed by atoms with Crippen molar-refractivity contribution < 1.29 is 28.6 Å². The Balaban J connectivity index is 2.06. The van der Waals surface area contributed by atoms with Crippen LogP contribution in [-0.4, -0.2) is 36.1 Å². The van der Waals surface area contributed by atoms with Crippen LogP contribution in [-0.2, 0) is 20.0 Å². The molecule has 0 saturated carbocycles. The zero-order valence-corrected chi connectivity index (χ0v) is 16.0. The minimum Gasteiger partial charge on any atom is -0.461 e. The van der Waals surface area contributed by atoms with Gasteiger partial charge in [-0.1, -0.05) is 49.3 Å². The average Bonchev–Trinajstić information content (AvgIpc) is 3.11. The number of aromatic nitrogens is 1. The van der Waals surface area contributed by atoms with Crippen LogP contribution in [0.15, 0.2) is 34.9 Å². The van der Waals surface area contributed by atoms with Gasteiger partial charge in [0.15, 0.2) is 17.2 Å². The molecule has 0 amide bonds. The second kappa shape index (κ2) is 7.42. The molecule has 1 fully saturated rings. The SMILES string of the molecule is CCOC(=O)c1noc([C@H](O)c2ccccc2)c1C1(C)OCC(C)(C)CO1. The lowest BCUT2D eigenvalue weighted by Crippen LogP contribution is -2.44. The van der Waals surface area contributed by atoms with E-state index in [0.29, 0.717) is 18.8 Å². The molecule has 0 spiro atoms. The maximum Gasteiger partial charge on any atom is 0.361 e. The lowest BCUT2D eigenvalue weighted by atomic mass is 9.92. The third kappa shape index (κ3) is 3.90. The summed E-state index contributed by atoms with van der Waals surface area (Å²) >= 11 is 0. The summed E-state index contributed by atoms with van der Waals surface area (Å²) < 4.78 is 22.4. The number of carbonyl (C=O) groups excluding carboxylic acids is 1. The van der Waals surface area contributed by atoms with Gasteiger partial charge in [-0.05, 0) is 19.4 Å². The molecule has 7 nitrogen and oxygen atoms in total. The highest BCUT2D eigenvalue weighted by Gasteiger charge is 2.46. The number of esters is 1.